The minimum absolute atomic E-state index is 0.0885. The molecule has 1 amide bonds. The molecule has 0 saturated heterocycles. The number of benzene rings is 1. The molecule has 0 aliphatic carbocycles. The molecule has 1 aromatic carbocycles. The van der Waals surface area contributed by atoms with E-state index in [0.717, 1.165) is 5.56 Å². The van der Waals surface area contributed by atoms with E-state index in [0.29, 0.717) is 12.9 Å². The summed E-state index contributed by atoms with van der Waals surface area (Å²) in [5.74, 6) is 0. The van der Waals surface area contributed by atoms with Crippen molar-refractivity contribution < 1.29 is 19.1 Å². The number of amides is 1. The summed E-state index contributed by atoms with van der Waals surface area (Å²) in [6.45, 7) is 5.73. The van der Waals surface area contributed by atoms with Crippen LogP contribution in [0.5, 0.6) is 0 Å². The lowest BCUT2D eigenvalue weighted by molar-refractivity contribution is -0.118. The Morgan fingerprint density at radius 3 is 2.50 bits per heavy atom. The van der Waals surface area contributed by atoms with Crippen molar-refractivity contribution in [3.63, 3.8) is 0 Å². The first-order chi connectivity index (χ1) is 9.40. The summed E-state index contributed by atoms with van der Waals surface area (Å²) in [4.78, 5) is 22.4. The Hall–Kier alpha value is -1.88. The van der Waals surface area contributed by atoms with E-state index in [4.69, 9.17) is 9.47 Å². The fourth-order valence-corrected chi connectivity index (χ4v) is 1.42. The van der Waals surface area contributed by atoms with Crippen molar-refractivity contribution in [3.05, 3.63) is 35.9 Å². The second-order valence-corrected chi connectivity index (χ2v) is 5.35. The molecule has 0 fully saturated rings. The molecule has 0 heterocycles. The summed E-state index contributed by atoms with van der Waals surface area (Å²) < 4.78 is 10.5. The van der Waals surface area contributed by atoms with Gasteiger partial charge in [0.05, 0.1) is 13.2 Å². The average molecular weight is 279 g/mol. The molecule has 20 heavy (non-hydrogen) atoms. The van der Waals surface area contributed by atoms with Gasteiger partial charge in [-0.25, -0.2) is 4.79 Å². The molecule has 110 valence electrons. The summed E-state index contributed by atoms with van der Waals surface area (Å²) in [5.41, 5.74) is 0.405. The Morgan fingerprint density at radius 2 is 1.95 bits per heavy atom. The van der Waals surface area contributed by atoms with E-state index in [1.807, 2.05) is 30.3 Å². The topological polar surface area (TPSA) is 64.6 Å². The van der Waals surface area contributed by atoms with Crippen LogP contribution in [-0.4, -0.2) is 30.6 Å². The van der Waals surface area contributed by atoms with Crippen molar-refractivity contribution in [1.29, 1.82) is 0 Å². The van der Waals surface area contributed by atoms with E-state index >= 15 is 0 Å². The zero-order valence-corrected chi connectivity index (χ0v) is 12.1. The standard InChI is InChI=1S/C15H21NO4/c1-15(2,3)20-14(18)16-9-13(10-17)19-11-12-7-5-4-6-8-12/h4-8,10,13H,9,11H2,1-3H3,(H,16,18)/t13-/m0/s1. The molecule has 0 unspecified atom stereocenters. The van der Waals surface area contributed by atoms with Crippen molar-refractivity contribution in [2.75, 3.05) is 6.54 Å². The van der Waals surface area contributed by atoms with Crippen LogP contribution in [-0.2, 0) is 20.9 Å². The molecule has 0 saturated carbocycles. The van der Waals surface area contributed by atoms with Crippen molar-refractivity contribution >= 4 is 12.4 Å². The van der Waals surface area contributed by atoms with E-state index in [2.05, 4.69) is 5.32 Å². The Kier molecular flexibility index (Phi) is 6.18. The lowest BCUT2D eigenvalue weighted by Crippen LogP contribution is -2.38. The zero-order valence-electron chi connectivity index (χ0n) is 12.1. The minimum atomic E-state index is -0.692. The van der Waals surface area contributed by atoms with Crippen molar-refractivity contribution in [3.8, 4) is 0 Å². The highest BCUT2D eigenvalue weighted by Gasteiger charge is 2.17. The average Bonchev–Trinajstić information content (AvgIpc) is 2.38. The largest absolute Gasteiger partial charge is 0.444 e. The predicted molar refractivity (Wildman–Crippen MR) is 75.3 cm³/mol. The molecule has 0 aliphatic rings. The Bertz CT molecular complexity index is 425. The maximum Gasteiger partial charge on any atom is 0.407 e. The SMILES string of the molecule is CC(C)(C)OC(=O)NC[C@@H](C=O)OCc1ccccc1. The van der Waals surface area contributed by atoms with Gasteiger partial charge in [-0.15, -0.1) is 0 Å². The molecule has 5 nitrogen and oxygen atoms in total. The van der Waals surface area contributed by atoms with Gasteiger partial charge in [-0.1, -0.05) is 30.3 Å². The number of alkyl carbamates (subject to hydrolysis) is 1. The Labute approximate surface area is 119 Å². The summed E-state index contributed by atoms with van der Waals surface area (Å²) in [5, 5.41) is 2.51. The van der Waals surface area contributed by atoms with Crippen LogP contribution in [0.25, 0.3) is 0 Å². The first-order valence-electron chi connectivity index (χ1n) is 6.48. The third-order valence-corrected chi connectivity index (χ3v) is 2.31. The molecule has 0 bridgehead atoms. The van der Waals surface area contributed by atoms with E-state index in [-0.39, 0.29) is 6.54 Å². The first kappa shape index (κ1) is 16.2. The molecule has 0 radical (unpaired) electrons. The van der Waals surface area contributed by atoms with Gasteiger partial charge < -0.3 is 19.6 Å². The molecule has 1 atom stereocenters. The predicted octanol–water partition coefficient (Wildman–Crippen LogP) is 2.30. The number of carbonyl (C=O) groups is 2. The van der Waals surface area contributed by atoms with Crippen LogP contribution in [0.2, 0.25) is 0 Å². The lowest BCUT2D eigenvalue weighted by Gasteiger charge is -2.20. The monoisotopic (exact) mass is 279 g/mol. The van der Waals surface area contributed by atoms with Crippen LogP contribution in [0.15, 0.2) is 30.3 Å². The summed E-state index contributed by atoms with van der Waals surface area (Å²) in [6, 6.07) is 9.51. The van der Waals surface area contributed by atoms with Gasteiger partial charge in [0.1, 0.15) is 11.7 Å². The highest BCUT2D eigenvalue weighted by molar-refractivity contribution is 5.68. The molecule has 0 spiro atoms. The van der Waals surface area contributed by atoms with Gasteiger partial charge in [0.2, 0.25) is 0 Å². The van der Waals surface area contributed by atoms with Crippen LogP contribution < -0.4 is 5.32 Å². The van der Waals surface area contributed by atoms with Crippen LogP contribution in [0.1, 0.15) is 26.3 Å². The molecule has 1 rings (SSSR count). The fourth-order valence-electron chi connectivity index (χ4n) is 1.42. The summed E-state index contributed by atoms with van der Waals surface area (Å²) >= 11 is 0. The fraction of sp³-hybridized carbons (Fsp3) is 0.467. The minimum Gasteiger partial charge on any atom is -0.444 e. The third kappa shape index (κ3) is 6.89. The zero-order chi connectivity index (χ0) is 15.0. The first-order valence-corrected chi connectivity index (χ1v) is 6.48. The van der Waals surface area contributed by atoms with Gasteiger partial charge in [-0.05, 0) is 26.3 Å². The van der Waals surface area contributed by atoms with E-state index in [1.165, 1.54) is 0 Å². The van der Waals surface area contributed by atoms with E-state index in [9.17, 15) is 9.59 Å². The summed E-state index contributed by atoms with van der Waals surface area (Å²) in [6.07, 6.45) is -0.587. The molecule has 5 heteroatoms. The van der Waals surface area contributed by atoms with Gasteiger partial charge in [0.15, 0.2) is 6.29 Å². The van der Waals surface area contributed by atoms with Gasteiger partial charge in [0.25, 0.3) is 0 Å². The van der Waals surface area contributed by atoms with Crippen LogP contribution in [0, 0.1) is 0 Å². The van der Waals surface area contributed by atoms with Gasteiger partial charge >= 0.3 is 6.09 Å². The van der Waals surface area contributed by atoms with Crippen molar-refractivity contribution in [1.82, 2.24) is 5.32 Å². The van der Waals surface area contributed by atoms with Crippen LogP contribution in [0.4, 0.5) is 4.79 Å². The number of ether oxygens (including phenoxy) is 2. The second kappa shape index (κ2) is 7.65. The maximum absolute atomic E-state index is 11.4. The molecular formula is C15H21NO4. The molecule has 1 N–H and O–H groups in total. The summed E-state index contributed by atoms with van der Waals surface area (Å²) in [7, 11) is 0. The molecular weight excluding hydrogens is 258 g/mol. The highest BCUT2D eigenvalue weighted by atomic mass is 16.6. The third-order valence-electron chi connectivity index (χ3n) is 2.31. The van der Waals surface area contributed by atoms with Crippen molar-refractivity contribution in [2.45, 2.75) is 39.1 Å². The number of hydrogen-bond donors (Lipinski definition) is 1. The Morgan fingerprint density at radius 1 is 1.30 bits per heavy atom. The van der Waals surface area contributed by atoms with Gasteiger partial charge in [0, 0.05) is 0 Å². The number of aldehydes is 1. The van der Waals surface area contributed by atoms with Crippen molar-refractivity contribution in [2.24, 2.45) is 0 Å². The van der Waals surface area contributed by atoms with Crippen LogP contribution in [0.3, 0.4) is 0 Å². The quantitative estimate of drug-likeness (QED) is 0.811. The molecule has 1 aromatic rings. The van der Waals surface area contributed by atoms with Gasteiger partial charge in [-0.2, -0.15) is 0 Å². The Balaban J connectivity index is 2.33. The lowest BCUT2D eigenvalue weighted by atomic mass is 10.2. The van der Waals surface area contributed by atoms with E-state index in [1.54, 1.807) is 20.8 Å². The number of carbonyl (C=O) groups excluding carboxylic acids is 2. The smallest absolute Gasteiger partial charge is 0.407 e. The number of hydrogen-bond acceptors (Lipinski definition) is 4. The second-order valence-electron chi connectivity index (χ2n) is 5.35. The number of rotatable bonds is 6. The van der Waals surface area contributed by atoms with Crippen LogP contribution >= 0.6 is 0 Å². The van der Waals surface area contributed by atoms with E-state index < -0.39 is 17.8 Å². The highest BCUT2D eigenvalue weighted by Crippen LogP contribution is 2.06. The molecule has 0 aliphatic heterocycles. The molecule has 0 aromatic heterocycles. The van der Waals surface area contributed by atoms with Gasteiger partial charge in [-0.3, -0.25) is 0 Å². The maximum atomic E-state index is 11.4. The number of nitrogens with one attached hydrogen (secondary N) is 1. The normalized spacial score (nSPS) is 12.6.